The number of nitrogen functional groups attached to an aromatic ring is 1. The lowest BCUT2D eigenvalue weighted by molar-refractivity contribution is -0.274. The van der Waals surface area contributed by atoms with Gasteiger partial charge in [0.15, 0.2) is 5.82 Å². The summed E-state index contributed by atoms with van der Waals surface area (Å²) in [5.41, 5.74) is 7.94. The summed E-state index contributed by atoms with van der Waals surface area (Å²) in [6.45, 7) is -1.52. The van der Waals surface area contributed by atoms with Gasteiger partial charge in [-0.3, -0.25) is 4.79 Å². The van der Waals surface area contributed by atoms with Gasteiger partial charge in [-0.1, -0.05) is 12.1 Å². The maximum atomic E-state index is 12.7. The SMILES string of the molecule is Nc1ncnn2cc(C(=O)NCC(F)(F)F)c(-c3ccc(Nc4nc5ccc(OC(F)(F)F)cc5[nH]4)cc3)c12. The van der Waals surface area contributed by atoms with Crippen LogP contribution in [0.25, 0.3) is 27.7 Å². The summed E-state index contributed by atoms with van der Waals surface area (Å²) < 4.78 is 80.6. The quantitative estimate of drug-likeness (QED) is 0.223. The van der Waals surface area contributed by atoms with Gasteiger partial charge in [0.05, 0.1) is 16.6 Å². The van der Waals surface area contributed by atoms with Crippen LogP contribution in [0.4, 0.5) is 43.8 Å². The van der Waals surface area contributed by atoms with E-state index in [4.69, 9.17) is 5.73 Å². The number of nitrogens with one attached hydrogen (secondary N) is 3. The van der Waals surface area contributed by atoms with Crippen LogP contribution in [-0.2, 0) is 0 Å². The number of ether oxygens (including phenoxy) is 1. The molecule has 202 valence electrons. The zero-order valence-corrected chi connectivity index (χ0v) is 19.4. The third-order valence-electron chi connectivity index (χ3n) is 5.42. The highest BCUT2D eigenvalue weighted by Gasteiger charge is 2.31. The van der Waals surface area contributed by atoms with Gasteiger partial charge in [-0.25, -0.2) is 14.5 Å². The summed E-state index contributed by atoms with van der Waals surface area (Å²) in [6.07, 6.45) is -7.05. The number of carbonyl (C=O) groups is 1. The van der Waals surface area contributed by atoms with Gasteiger partial charge in [-0.2, -0.15) is 18.3 Å². The molecule has 0 radical (unpaired) electrons. The Morgan fingerprint density at radius 1 is 1.08 bits per heavy atom. The van der Waals surface area contributed by atoms with Gasteiger partial charge in [0.1, 0.15) is 24.1 Å². The van der Waals surface area contributed by atoms with E-state index in [-0.39, 0.29) is 28.4 Å². The second-order valence-corrected chi connectivity index (χ2v) is 8.17. The number of nitrogens with two attached hydrogens (primary N) is 1. The van der Waals surface area contributed by atoms with E-state index in [0.29, 0.717) is 22.3 Å². The van der Waals surface area contributed by atoms with Crippen molar-refractivity contribution in [1.82, 2.24) is 29.9 Å². The first-order chi connectivity index (χ1) is 18.4. The number of fused-ring (bicyclic) bond motifs is 2. The van der Waals surface area contributed by atoms with Crippen molar-refractivity contribution in [2.24, 2.45) is 0 Å². The van der Waals surface area contributed by atoms with Gasteiger partial charge in [-0.05, 0) is 29.8 Å². The number of nitrogens with zero attached hydrogens (tertiary/aromatic N) is 4. The average Bonchev–Trinajstić information content (AvgIpc) is 3.43. The largest absolute Gasteiger partial charge is 0.573 e. The Hall–Kier alpha value is -5.02. The van der Waals surface area contributed by atoms with Crippen LogP contribution in [0.5, 0.6) is 5.75 Å². The summed E-state index contributed by atoms with van der Waals surface area (Å²) in [7, 11) is 0. The maximum absolute atomic E-state index is 12.7. The van der Waals surface area contributed by atoms with E-state index in [0.717, 1.165) is 18.5 Å². The summed E-state index contributed by atoms with van der Waals surface area (Å²) in [5.74, 6) is -1.16. The second kappa shape index (κ2) is 9.38. The summed E-state index contributed by atoms with van der Waals surface area (Å²) >= 11 is 0. The predicted octanol–water partition coefficient (Wildman–Crippen LogP) is 4.79. The molecule has 16 heteroatoms. The lowest BCUT2D eigenvalue weighted by atomic mass is 10.0. The first-order valence-electron chi connectivity index (χ1n) is 11.0. The van der Waals surface area contributed by atoms with E-state index >= 15 is 0 Å². The zero-order chi connectivity index (χ0) is 27.9. The molecule has 39 heavy (non-hydrogen) atoms. The molecule has 0 saturated heterocycles. The lowest BCUT2D eigenvalue weighted by Crippen LogP contribution is -2.33. The third-order valence-corrected chi connectivity index (χ3v) is 5.42. The van der Waals surface area contributed by atoms with Crippen LogP contribution < -0.4 is 21.1 Å². The van der Waals surface area contributed by atoms with Gasteiger partial charge in [0.25, 0.3) is 5.91 Å². The molecule has 3 heterocycles. The number of aromatic nitrogens is 5. The average molecular weight is 550 g/mol. The molecule has 2 aromatic carbocycles. The molecule has 5 N–H and O–H groups in total. The van der Waals surface area contributed by atoms with Crippen LogP contribution in [0.3, 0.4) is 0 Å². The van der Waals surface area contributed by atoms with Crippen LogP contribution in [0.1, 0.15) is 10.4 Å². The fourth-order valence-electron chi connectivity index (χ4n) is 3.88. The highest BCUT2D eigenvalue weighted by Crippen LogP contribution is 2.34. The minimum atomic E-state index is -4.84. The Balaban J connectivity index is 1.43. The van der Waals surface area contributed by atoms with Gasteiger partial charge >= 0.3 is 12.5 Å². The molecule has 3 aromatic heterocycles. The van der Waals surface area contributed by atoms with E-state index in [1.165, 1.54) is 16.8 Å². The zero-order valence-electron chi connectivity index (χ0n) is 19.4. The fraction of sp³-hybridized carbons (Fsp3) is 0.130. The monoisotopic (exact) mass is 550 g/mol. The first-order valence-corrected chi connectivity index (χ1v) is 11.0. The highest BCUT2D eigenvalue weighted by atomic mass is 19.4. The Labute approximate surface area is 213 Å². The molecule has 0 aliphatic heterocycles. The molecule has 1 amide bonds. The predicted molar refractivity (Wildman–Crippen MR) is 127 cm³/mol. The van der Waals surface area contributed by atoms with Crippen molar-refractivity contribution in [1.29, 1.82) is 0 Å². The van der Waals surface area contributed by atoms with Crippen molar-refractivity contribution in [3.05, 3.63) is 60.6 Å². The molecule has 0 aliphatic carbocycles. The highest BCUT2D eigenvalue weighted by molar-refractivity contribution is 6.07. The number of amides is 1. The molecular weight excluding hydrogens is 534 g/mol. The number of H-pyrrole nitrogens is 1. The Kier molecular flexibility index (Phi) is 6.16. The smallest absolute Gasteiger partial charge is 0.406 e. The van der Waals surface area contributed by atoms with Gasteiger partial charge in [0, 0.05) is 23.5 Å². The molecule has 0 bridgehead atoms. The first kappa shape index (κ1) is 25.6. The number of aromatic amines is 1. The van der Waals surface area contributed by atoms with Gasteiger partial charge in [0.2, 0.25) is 5.95 Å². The van der Waals surface area contributed by atoms with Crippen molar-refractivity contribution in [3.8, 4) is 16.9 Å². The number of imidazole rings is 1. The van der Waals surface area contributed by atoms with Crippen LogP contribution in [0, 0.1) is 0 Å². The second-order valence-electron chi connectivity index (χ2n) is 8.17. The van der Waals surface area contributed by atoms with E-state index in [2.05, 4.69) is 30.1 Å². The maximum Gasteiger partial charge on any atom is 0.573 e. The number of hydrogen-bond donors (Lipinski definition) is 4. The number of alkyl halides is 6. The number of hydrogen-bond acceptors (Lipinski definition) is 7. The topological polar surface area (TPSA) is 135 Å². The summed E-state index contributed by atoms with van der Waals surface area (Å²) in [5, 5.41) is 8.80. The Morgan fingerprint density at radius 2 is 1.82 bits per heavy atom. The number of halogens is 6. The van der Waals surface area contributed by atoms with Crippen molar-refractivity contribution in [3.63, 3.8) is 0 Å². The third kappa shape index (κ3) is 5.63. The van der Waals surface area contributed by atoms with Crippen LogP contribution in [0.15, 0.2) is 55.0 Å². The molecule has 5 aromatic rings. The number of anilines is 3. The van der Waals surface area contributed by atoms with E-state index in [9.17, 15) is 31.1 Å². The summed E-state index contributed by atoms with van der Waals surface area (Å²) in [6, 6.07) is 10.0. The van der Waals surface area contributed by atoms with Crippen LogP contribution >= 0.6 is 0 Å². The van der Waals surface area contributed by atoms with Gasteiger partial charge in [-0.15, -0.1) is 13.2 Å². The molecule has 10 nitrogen and oxygen atoms in total. The minimum absolute atomic E-state index is 0.00761. The van der Waals surface area contributed by atoms with E-state index in [1.807, 2.05) is 5.32 Å². The Bertz CT molecular complexity index is 1670. The van der Waals surface area contributed by atoms with Crippen LogP contribution in [0.2, 0.25) is 0 Å². The van der Waals surface area contributed by atoms with Crippen molar-refractivity contribution in [2.45, 2.75) is 12.5 Å². The van der Waals surface area contributed by atoms with Crippen molar-refractivity contribution < 1.29 is 35.9 Å². The Morgan fingerprint density at radius 3 is 2.51 bits per heavy atom. The number of benzene rings is 2. The molecule has 0 aliphatic rings. The molecule has 0 saturated carbocycles. The van der Waals surface area contributed by atoms with Crippen molar-refractivity contribution >= 4 is 39.9 Å². The minimum Gasteiger partial charge on any atom is -0.406 e. The van der Waals surface area contributed by atoms with E-state index in [1.54, 1.807) is 24.3 Å². The molecule has 5 rings (SSSR count). The fourth-order valence-corrected chi connectivity index (χ4v) is 3.88. The van der Waals surface area contributed by atoms with Crippen molar-refractivity contribution in [2.75, 3.05) is 17.6 Å². The number of carbonyl (C=O) groups excluding carboxylic acids is 1. The summed E-state index contributed by atoms with van der Waals surface area (Å²) in [4.78, 5) is 23.7. The number of rotatable bonds is 6. The van der Waals surface area contributed by atoms with E-state index < -0.39 is 30.7 Å². The standard InChI is InChI=1S/C23H16F6N8O2/c24-22(25,26)9-31-20(38)14-8-37-18(19(30)32-10-33-37)17(14)11-1-3-12(4-2-11)34-21-35-15-6-5-13(7-16(15)36-21)39-23(27,28)29/h1-8,10H,9H2,(H,31,38)(H2,30,32,33)(H2,34,35,36). The van der Waals surface area contributed by atoms with Crippen LogP contribution in [-0.4, -0.2) is 49.6 Å². The molecule has 0 unspecified atom stereocenters. The normalized spacial score (nSPS) is 12.2. The molecule has 0 spiro atoms. The van der Waals surface area contributed by atoms with Gasteiger partial charge < -0.3 is 26.1 Å². The molecule has 0 atom stereocenters. The lowest BCUT2D eigenvalue weighted by Gasteiger charge is -2.10. The molecular formula is C23H16F6N8O2. The molecule has 0 fully saturated rings.